The van der Waals surface area contributed by atoms with Gasteiger partial charge in [0.1, 0.15) is 13.2 Å². The molecule has 1 aliphatic carbocycles. The monoisotopic (exact) mass is 168 g/mol. The summed E-state index contributed by atoms with van der Waals surface area (Å²) in [5.41, 5.74) is 0. The predicted molar refractivity (Wildman–Crippen MR) is 42.9 cm³/mol. The molecule has 12 heavy (non-hydrogen) atoms. The van der Waals surface area contributed by atoms with E-state index in [1.54, 1.807) is 0 Å². The Balaban J connectivity index is 2.03. The number of ether oxygens (including phenoxy) is 2. The molecule has 3 heteroatoms. The average molecular weight is 168 g/mol. The van der Waals surface area contributed by atoms with Gasteiger partial charge < -0.3 is 9.47 Å². The lowest BCUT2D eigenvalue weighted by Crippen LogP contribution is -2.30. The van der Waals surface area contributed by atoms with Crippen LogP contribution in [0, 0.1) is 0 Å². The predicted octanol–water partition coefficient (Wildman–Crippen LogP) is 0.690. The number of rotatable bonds is 0. The number of hydrogen-bond donors (Lipinski definition) is 0. The Bertz CT molecular complexity index is 190. The summed E-state index contributed by atoms with van der Waals surface area (Å²) in [4.78, 5) is 11.0. The SMILES string of the molecule is O=C1CO[C@@H]2CC=CC[C@H]2OC1. The van der Waals surface area contributed by atoms with Crippen LogP contribution >= 0.6 is 0 Å². The first-order valence-electron chi connectivity index (χ1n) is 4.26. The van der Waals surface area contributed by atoms with Crippen molar-refractivity contribution in [2.24, 2.45) is 0 Å². The summed E-state index contributed by atoms with van der Waals surface area (Å²) in [6.45, 7) is 0.435. The van der Waals surface area contributed by atoms with Crippen molar-refractivity contribution in [1.82, 2.24) is 0 Å². The molecule has 2 rings (SSSR count). The van der Waals surface area contributed by atoms with E-state index >= 15 is 0 Å². The van der Waals surface area contributed by atoms with Crippen LogP contribution < -0.4 is 0 Å². The minimum Gasteiger partial charge on any atom is -0.367 e. The molecule has 3 nitrogen and oxygen atoms in total. The maximum Gasteiger partial charge on any atom is 0.184 e. The number of Topliss-reactive ketones (excluding diaryl/α,β-unsaturated/α-hetero) is 1. The first-order valence-corrected chi connectivity index (χ1v) is 4.26. The zero-order valence-corrected chi connectivity index (χ0v) is 6.86. The molecule has 0 bridgehead atoms. The first kappa shape index (κ1) is 7.95. The van der Waals surface area contributed by atoms with Crippen LogP contribution in [0.15, 0.2) is 12.2 Å². The van der Waals surface area contributed by atoms with Crippen LogP contribution in [0.1, 0.15) is 12.8 Å². The van der Waals surface area contributed by atoms with Crippen molar-refractivity contribution < 1.29 is 14.3 Å². The number of ketones is 1. The van der Waals surface area contributed by atoms with Crippen LogP contribution in [0.3, 0.4) is 0 Å². The van der Waals surface area contributed by atoms with Crippen LogP contribution in [0.25, 0.3) is 0 Å². The molecule has 0 aromatic heterocycles. The van der Waals surface area contributed by atoms with Crippen molar-refractivity contribution in [1.29, 1.82) is 0 Å². The third kappa shape index (κ3) is 1.57. The lowest BCUT2D eigenvalue weighted by molar-refractivity contribution is -0.124. The summed E-state index contributed by atoms with van der Waals surface area (Å²) < 4.78 is 10.8. The van der Waals surface area contributed by atoms with E-state index < -0.39 is 0 Å². The molecule has 2 aliphatic rings. The molecule has 0 unspecified atom stereocenters. The van der Waals surface area contributed by atoms with Gasteiger partial charge in [-0.1, -0.05) is 12.2 Å². The smallest absolute Gasteiger partial charge is 0.184 e. The van der Waals surface area contributed by atoms with Gasteiger partial charge in [-0.15, -0.1) is 0 Å². The van der Waals surface area contributed by atoms with E-state index in [1.165, 1.54) is 0 Å². The average Bonchev–Trinajstić information content (AvgIpc) is 2.29. The molecular weight excluding hydrogens is 156 g/mol. The van der Waals surface area contributed by atoms with Crippen LogP contribution in [0.2, 0.25) is 0 Å². The van der Waals surface area contributed by atoms with E-state index in [0.717, 1.165) is 12.8 Å². The Morgan fingerprint density at radius 2 is 1.58 bits per heavy atom. The lowest BCUT2D eigenvalue weighted by atomic mass is 10.0. The summed E-state index contributed by atoms with van der Waals surface area (Å²) in [6, 6.07) is 0. The van der Waals surface area contributed by atoms with E-state index in [9.17, 15) is 4.79 Å². The highest BCUT2D eigenvalue weighted by Gasteiger charge is 2.27. The summed E-state index contributed by atoms with van der Waals surface area (Å²) in [5.74, 6) is 0.0457. The quantitative estimate of drug-likeness (QED) is 0.499. The van der Waals surface area contributed by atoms with Gasteiger partial charge >= 0.3 is 0 Å². The van der Waals surface area contributed by atoms with Gasteiger partial charge in [-0.3, -0.25) is 4.79 Å². The van der Waals surface area contributed by atoms with Crippen molar-refractivity contribution in [2.75, 3.05) is 13.2 Å². The molecule has 2 atom stereocenters. The minimum atomic E-state index is 0.0457. The molecule has 1 saturated heterocycles. The van der Waals surface area contributed by atoms with Gasteiger partial charge in [0.15, 0.2) is 5.78 Å². The Hall–Kier alpha value is -0.670. The second kappa shape index (κ2) is 3.37. The van der Waals surface area contributed by atoms with Gasteiger partial charge in [-0.25, -0.2) is 0 Å². The van der Waals surface area contributed by atoms with Gasteiger partial charge in [0.2, 0.25) is 0 Å². The van der Waals surface area contributed by atoms with Crippen molar-refractivity contribution in [3.05, 3.63) is 12.2 Å². The van der Waals surface area contributed by atoms with E-state index in [1.807, 2.05) is 0 Å². The highest BCUT2D eigenvalue weighted by atomic mass is 16.6. The maximum absolute atomic E-state index is 11.0. The van der Waals surface area contributed by atoms with Gasteiger partial charge in [-0.2, -0.15) is 0 Å². The molecule has 0 aromatic rings. The Morgan fingerprint density at radius 1 is 1.08 bits per heavy atom. The normalized spacial score (nSPS) is 35.8. The molecule has 0 amide bonds. The molecule has 0 radical (unpaired) electrons. The van der Waals surface area contributed by atoms with Crippen molar-refractivity contribution in [3.8, 4) is 0 Å². The summed E-state index contributed by atoms with van der Waals surface area (Å²) >= 11 is 0. The minimum absolute atomic E-state index is 0.0457. The fourth-order valence-electron chi connectivity index (χ4n) is 1.56. The topological polar surface area (TPSA) is 35.5 Å². The molecule has 0 spiro atoms. The molecule has 0 N–H and O–H groups in total. The summed E-state index contributed by atoms with van der Waals surface area (Å²) in [6.07, 6.45) is 6.11. The third-order valence-electron chi connectivity index (χ3n) is 2.23. The highest BCUT2D eigenvalue weighted by Crippen LogP contribution is 2.20. The second-order valence-corrected chi connectivity index (χ2v) is 3.18. The summed E-state index contributed by atoms with van der Waals surface area (Å²) in [5, 5.41) is 0. The summed E-state index contributed by atoms with van der Waals surface area (Å²) in [7, 11) is 0. The Labute approximate surface area is 71.3 Å². The molecule has 1 heterocycles. The lowest BCUT2D eigenvalue weighted by Gasteiger charge is -2.24. The van der Waals surface area contributed by atoms with E-state index in [4.69, 9.17) is 9.47 Å². The van der Waals surface area contributed by atoms with E-state index in [0.29, 0.717) is 0 Å². The Morgan fingerprint density at radius 3 is 2.08 bits per heavy atom. The van der Waals surface area contributed by atoms with Crippen LogP contribution in [0.5, 0.6) is 0 Å². The van der Waals surface area contributed by atoms with Gasteiger partial charge in [0.25, 0.3) is 0 Å². The second-order valence-electron chi connectivity index (χ2n) is 3.18. The van der Waals surface area contributed by atoms with Crippen molar-refractivity contribution >= 4 is 5.78 Å². The zero-order valence-electron chi connectivity index (χ0n) is 6.86. The van der Waals surface area contributed by atoms with E-state index in [-0.39, 0.29) is 31.2 Å². The number of hydrogen-bond acceptors (Lipinski definition) is 3. The zero-order chi connectivity index (χ0) is 8.39. The van der Waals surface area contributed by atoms with Crippen molar-refractivity contribution in [2.45, 2.75) is 25.0 Å². The molecular formula is C9H12O3. The van der Waals surface area contributed by atoms with E-state index in [2.05, 4.69) is 12.2 Å². The van der Waals surface area contributed by atoms with Gasteiger partial charge in [-0.05, 0) is 12.8 Å². The molecule has 1 fully saturated rings. The fraction of sp³-hybridized carbons (Fsp3) is 0.667. The molecule has 0 aromatic carbocycles. The number of carbonyl (C=O) groups excluding carboxylic acids is 1. The molecule has 1 aliphatic heterocycles. The first-order chi connectivity index (χ1) is 5.86. The maximum atomic E-state index is 11.0. The molecule has 66 valence electrons. The largest absolute Gasteiger partial charge is 0.367 e. The van der Waals surface area contributed by atoms with Gasteiger partial charge in [0.05, 0.1) is 12.2 Å². The highest BCUT2D eigenvalue weighted by molar-refractivity contribution is 5.81. The number of carbonyl (C=O) groups is 1. The van der Waals surface area contributed by atoms with Crippen LogP contribution in [-0.4, -0.2) is 31.2 Å². The molecule has 0 saturated carbocycles. The third-order valence-corrected chi connectivity index (χ3v) is 2.23. The number of fused-ring (bicyclic) bond motifs is 1. The van der Waals surface area contributed by atoms with Crippen molar-refractivity contribution in [3.63, 3.8) is 0 Å². The van der Waals surface area contributed by atoms with Crippen LogP contribution in [0.4, 0.5) is 0 Å². The standard InChI is InChI=1S/C9H12O3/c10-7-5-11-8-3-1-2-4-9(8)12-6-7/h1-2,8-9H,3-6H2/t8-,9-/m1/s1. The Kier molecular flexibility index (Phi) is 2.23. The van der Waals surface area contributed by atoms with Crippen LogP contribution in [-0.2, 0) is 14.3 Å². The van der Waals surface area contributed by atoms with Gasteiger partial charge in [0, 0.05) is 0 Å². The fourth-order valence-corrected chi connectivity index (χ4v) is 1.56.